The van der Waals surface area contributed by atoms with Crippen molar-refractivity contribution in [3.8, 4) is 5.88 Å². The van der Waals surface area contributed by atoms with Crippen LogP contribution in [0.15, 0.2) is 42.6 Å². The number of anilines is 1. The third-order valence-corrected chi connectivity index (χ3v) is 7.08. The van der Waals surface area contributed by atoms with E-state index in [1.807, 2.05) is 4.90 Å². The maximum absolute atomic E-state index is 13.8. The molecule has 11 heteroatoms. The van der Waals surface area contributed by atoms with Crippen LogP contribution in [-0.4, -0.2) is 39.4 Å². The van der Waals surface area contributed by atoms with Crippen LogP contribution in [0.5, 0.6) is 5.88 Å². The molecule has 1 atom stereocenters. The van der Waals surface area contributed by atoms with E-state index in [0.717, 1.165) is 23.4 Å². The van der Waals surface area contributed by atoms with E-state index in [9.17, 15) is 18.3 Å². The number of alkyl halides is 3. The van der Waals surface area contributed by atoms with Crippen molar-refractivity contribution in [3.63, 3.8) is 0 Å². The average molecular weight is 506 g/mol. The minimum absolute atomic E-state index is 0.0106. The van der Waals surface area contributed by atoms with E-state index in [4.69, 9.17) is 17.3 Å². The highest BCUT2D eigenvalue weighted by Crippen LogP contribution is 2.42. The standard InChI is InChI=1S/C23H19ClF3N5OS/c24-15-3-1-13(18(9-15)23(25,26)27)8-17(12-2-4-19-14(7-12)10-29-31-19)20-21(33)30-22(34-20)32-6-5-16(28)11-32/h1-4,7-10,16,33H,5-6,11,28H2,(H,29,31)/t16-/m1/s1. The average Bonchev–Trinajstić information content (AvgIpc) is 3.51. The topological polar surface area (TPSA) is 91.1 Å². The highest BCUT2D eigenvalue weighted by atomic mass is 35.5. The van der Waals surface area contributed by atoms with Crippen LogP contribution in [-0.2, 0) is 6.18 Å². The summed E-state index contributed by atoms with van der Waals surface area (Å²) in [5.74, 6) is -0.249. The number of nitrogens with zero attached hydrogens (tertiary/aromatic N) is 3. The first-order valence-electron chi connectivity index (χ1n) is 10.4. The van der Waals surface area contributed by atoms with E-state index < -0.39 is 11.7 Å². The molecule has 0 spiro atoms. The third-order valence-electron chi connectivity index (χ3n) is 5.71. The molecule has 0 aliphatic carbocycles. The first-order valence-corrected chi connectivity index (χ1v) is 11.6. The maximum atomic E-state index is 13.8. The Hall–Kier alpha value is -3.08. The van der Waals surface area contributed by atoms with Gasteiger partial charge >= 0.3 is 6.18 Å². The van der Waals surface area contributed by atoms with Crippen LogP contribution in [0, 0.1) is 0 Å². The van der Waals surface area contributed by atoms with Crippen LogP contribution in [0.3, 0.4) is 0 Å². The van der Waals surface area contributed by atoms with Gasteiger partial charge in [0.1, 0.15) is 4.88 Å². The van der Waals surface area contributed by atoms with Crippen LogP contribution < -0.4 is 10.6 Å². The highest BCUT2D eigenvalue weighted by molar-refractivity contribution is 7.17. The number of benzene rings is 2. The molecule has 4 N–H and O–H groups in total. The third kappa shape index (κ3) is 4.36. The van der Waals surface area contributed by atoms with Crippen LogP contribution in [0.4, 0.5) is 18.3 Å². The van der Waals surface area contributed by atoms with Gasteiger partial charge in [-0.2, -0.15) is 23.3 Å². The predicted molar refractivity (Wildman–Crippen MR) is 128 cm³/mol. The first-order chi connectivity index (χ1) is 16.2. The number of rotatable bonds is 4. The van der Waals surface area contributed by atoms with Crippen LogP contribution in [0.1, 0.15) is 28.0 Å². The smallest absolute Gasteiger partial charge is 0.417 e. The van der Waals surface area contributed by atoms with E-state index in [2.05, 4.69) is 15.2 Å². The second-order valence-electron chi connectivity index (χ2n) is 8.10. The van der Waals surface area contributed by atoms with E-state index >= 15 is 0 Å². The largest absolute Gasteiger partial charge is 0.492 e. The summed E-state index contributed by atoms with van der Waals surface area (Å²) in [6.45, 7) is 1.30. The van der Waals surface area contributed by atoms with Crippen molar-refractivity contribution in [2.45, 2.75) is 18.6 Å². The molecule has 0 bridgehead atoms. The number of aromatic nitrogens is 3. The minimum Gasteiger partial charge on any atom is -0.492 e. The van der Waals surface area contributed by atoms with Gasteiger partial charge in [0.2, 0.25) is 5.88 Å². The molecule has 1 aliphatic heterocycles. The molecule has 1 fully saturated rings. The summed E-state index contributed by atoms with van der Waals surface area (Å²) in [5, 5.41) is 19.0. The highest BCUT2D eigenvalue weighted by Gasteiger charge is 2.33. The van der Waals surface area contributed by atoms with Gasteiger partial charge in [0.25, 0.3) is 0 Å². The number of aromatic hydroxyl groups is 1. The van der Waals surface area contributed by atoms with Crippen molar-refractivity contribution < 1.29 is 18.3 Å². The molecular weight excluding hydrogens is 487 g/mol. The maximum Gasteiger partial charge on any atom is 0.417 e. The molecule has 0 radical (unpaired) electrons. The monoisotopic (exact) mass is 505 g/mol. The summed E-state index contributed by atoms with van der Waals surface area (Å²) in [5.41, 5.74) is 6.87. The van der Waals surface area contributed by atoms with Crippen molar-refractivity contribution >= 4 is 50.6 Å². The fourth-order valence-electron chi connectivity index (χ4n) is 4.02. The van der Waals surface area contributed by atoms with Gasteiger partial charge in [-0.25, -0.2) is 0 Å². The Kier molecular flexibility index (Phi) is 5.75. The summed E-state index contributed by atoms with van der Waals surface area (Å²) in [6, 6.07) is 8.99. The normalized spacial score (nSPS) is 17.1. The molecular formula is C23H19ClF3N5OS. The summed E-state index contributed by atoms with van der Waals surface area (Å²) in [7, 11) is 0. The predicted octanol–water partition coefficient (Wildman–Crippen LogP) is 5.52. The van der Waals surface area contributed by atoms with E-state index in [1.165, 1.54) is 29.5 Å². The summed E-state index contributed by atoms with van der Waals surface area (Å²) < 4.78 is 41.4. The van der Waals surface area contributed by atoms with Gasteiger partial charge in [-0.15, -0.1) is 0 Å². The number of fused-ring (bicyclic) bond motifs is 1. The van der Waals surface area contributed by atoms with Gasteiger partial charge < -0.3 is 15.7 Å². The van der Waals surface area contributed by atoms with E-state index in [0.29, 0.717) is 34.2 Å². The zero-order valence-corrected chi connectivity index (χ0v) is 19.2. The van der Waals surface area contributed by atoms with E-state index in [-0.39, 0.29) is 22.5 Å². The Balaban J connectivity index is 1.69. The van der Waals surface area contributed by atoms with Gasteiger partial charge in [0.15, 0.2) is 5.13 Å². The minimum atomic E-state index is -4.61. The van der Waals surface area contributed by atoms with Crippen molar-refractivity contribution in [2.75, 3.05) is 18.0 Å². The number of hydrogen-bond acceptors (Lipinski definition) is 6. The van der Waals surface area contributed by atoms with Gasteiger partial charge in [-0.05, 0) is 47.9 Å². The van der Waals surface area contributed by atoms with Crippen molar-refractivity contribution in [2.24, 2.45) is 5.73 Å². The molecule has 0 unspecified atom stereocenters. The van der Waals surface area contributed by atoms with Gasteiger partial charge in [0.05, 0.1) is 17.3 Å². The molecule has 2 aromatic heterocycles. The Morgan fingerprint density at radius 2 is 2.09 bits per heavy atom. The molecule has 0 amide bonds. The zero-order chi connectivity index (χ0) is 24.0. The molecule has 1 aliphatic rings. The lowest BCUT2D eigenvalue weighted by molar-refractivity contribution is -0.137. The number of nitrogens with two attached hydrogens (primary N) is 1. The number of nitrogens with one attached hydrogen (secondary N) is 1. The first kappa shape index (κ1) is 22.7. The van der Waals surface area contributed by atoms with Gasteiger partial charge in [-0.1, -0.05) is 35.1 Å². The molecule has 2 aromatic carbocycles. The Morgan fingerprint density at radius 3 is 2.82 bits per heavy atom. The summed E-state index contributed by atoms with van der Waals surface area (Å²) in [4.78, 5) is 6.63. The summed E-state index contributed by atoms with van der Waals surface area (Å²) in [6.07, 6.45) is -0.769. The molecule has 1 saturated heterocycles. The number of aromatic amines is 1. The van der Waals surface area contributed by atoms with Crippen LogP contribution in [0.2, 0.25) is 5.02 Å². The molecule has 3 heterocycles. The lowest BCUT2D eigenvalue weighted by Gasteiger charge is -2.14. The number of halogens is 4. The van der Waals surface area contributed by atoms with E-state index in [1.54, 1.807) is 24.4 Å². The van der Waals surface area contributed by atoms with Crippen molar-refractivity contribution in [3.05, 3.63) is 69.2 Å². The second-order valence-corrected chi connectivity index (χ2v) is 9.52. The molecule has 0 saturated carbocycles. The quantitative estimate of drug-likeness (QED) is 0.317. The zero-order valence-electron chi connectivity index (χ0n) is 17.6. The number of thiazole rings is 1. The Bertz CT molecular complexity index is 1400. The fourth-order valence-corrected chi connectivity index (χ4v) is 5.22. The fraction of sp³-hybridized carbons (Fsp3) is 0.217. The van der Waals surface area contributed by atoms with Crippen molar-refractivity contribution in [1.29, 1.82) is 0 Å². The van der Waals surface area contributed by atoms with Crippen molar-refractivity contribution in [1.82, 2.24) is 15.2 Å². The molecule has 4 aromatic rings. The Morgan fingerprint density at radius 1 is 1.26 bits per heavy atom. The number of hydrogen-bond donors (Lipinski definition) is 3. The second kappa shape index (κ2) is 8.61. The lowest BCUT2D eigenvalue weighted by atomic mass is 9.98. The van der Waals surface area contributed by atoms with Crippen LogP contribution in [0.25, 0.3) is 22.6 Å². The SMILES string of the molecule is N[C@@H]1CCN(c2nc(O)c(C(=Cc3ccc(Cl)cc3C(F)(F)F)c3ccc4[nH]ncc4c3)s2)C1. The molecule has 176 valence electrons. The van der Waals surface area contributed by atoms with Gasteiger partial charge in [-0.3, -0.25) is 5.10 Å². The Labute approximate surface area is 201 Å². The molecule has 34 heavy (non-hydrogen) atoms. The lowest BCUT2D eigenvalue weighted by Crippen LogP contribution is -2.26. The molecule has 5 rings (SSSR count). The summed E-state index contributed by atoms with van der Waals surface area (Å²) >= 11 is 7.08. The number of H-pyrrole nitrogens is 1. The van der Waals surface area contributed by atoms with Gasteiger partial charge in [0, 0.05) is 35.1 Å². The molecule has 6 nitrogen and oxygen atoms in total. The van der Waals surface area contributed by atoms with Crippen LogP contribution >= 0.6 is 22.9 Å².